The second-order valence-corrected chi connectivity index (χ2v) is 15.1. The second kappa shape index (κ2) is 36.1. The molecule has 0 spiro atoms. The van der Waals surface area contributed by atoms with Gasteiger partial charge in [-0.3, -0.25) is 18.6 Å². The van der Waals surface area contributed by atoms with Crippen LogP contribution in [0.5, 0.6) is 0 Å². The minimum atomic E-state index is -4.39. The summed E-state index contributed by atoms with van der Waals surface area (Å²) in [6, 6.07) is 0. The zero-order chi connectivity index (χ0) is 37.0. The molecule has 0 aliphatic heterocycles. The largest absolute Gasteiger partial charge is 0.472 e. The number of phosphoric ester groups is 1. The van der Waals surface area contributed by atoms with Crippen molar-refractivity contribution >= 4 is 19.8 Å². The van der Waals surface area contributed by atoms with Crippen molar-refractivity contribution in [3.63, 3.8) is 0 Å². The van der Waals surface area contributed by atoms with E-state index in [4.69, 9.17) is 24.3 Å². The zero-order valence-corrected chi connectivity index (χ0v) is 32.9. The fourth-order valence-corrected chi connectivity index (χ4v) is 6.41. The molecule has 0 fully saturated rings. The molecule has 0 amide bonds. The third-order valence-electron chi connectivity index (χ3n) is 8.73. The normalized spacial score (nSPS) is 14.1. The van der Waals surface area contributed by atoms with Crippen LogP contribution in [0.2, 0.25) is 0 Å². The van der Waals surface area contributed by atoms with E-state index in [1.807, 2.05) is 0 Å². The Kier molecular flexibility index (Phi) is 35.2. The predicted molar refractivity (Wildman–Crippen MR) is 203 cm³/mol. The monoisotopic (exact) mass is 734 g/mol. The highest BCUT2D eigenvalue weighted by Gasteiger charge is 2.26. The van der Waals surface area contributed by atoms with Crippen LogP contribution in [0.15, 0.2) is 12.2 Å². The summed E-state index contributed by atoms with van der Waals surface area (Å²) in [5.74, 6) is -0.875. The molecule has 3 atom stereocenters. The van der Waals surface area contributed by atoms with Gasteiger partial charge in [0.2, 0.25) is 0 Å². The molecular weight excluding hydrogens is 657 g/mol. The molecular formula is C39H76NO9P. The van der Waals surface area contributed by atoms with Crippen molar-refractivity contribution in [3.05, 3.63) is 12.2 Å². The fraction of sp³-hybridized carbons (Fsp3) is 0.897. The van der Waals surface area contributed by atoms with Crippen molar-refractivity contribution in [1.82, 2.24) is 0 Å². The quantitative estimate of drug-likeness (QED) is 0.0242. The summed E-state index contributed by atoms with van der Waals surface area (Å²) >= 11 is 0. The molecule has 50 heavy (non-hydrogen) atoms. The summed E-state index contributed by atoms with van der Waals surface area (Å²) in [7, 11) is -4.39. The van der Waals surface area contributed by atoms with Gasteiger partial charge < -0.3 is 25.2 Å². The average Bonchev–Trinajstić information content (AvgIpc) is 3.09. The highest BCUT2D eigenvalue weighted by molar-refractivity contribution is 7.47. The van der Waals surface area contributed by atoms with Crippen molar-refractivity contribution in [1.29, 1.82) is 0 Å². The van der Waals surface area contributed by atoms with Gasteiger partial charge in [0, 0.05) is 19.4 Å². The van der Waals surface area contributed by atoms with Crippen LogP contribution in [0.4, 0.5) is 0 Å². The van der Waals surface area contributed by atoms with Gasteiger partial charge in [-0.15, -0.1) is 0 Å². The summed E-state index contributed by atoms with van der Waals surface area (Å²) in [4.78, 5) is 34.8. The molecule has 10 nitrogen and oxygen atoms in total. The van der Waals surface area contributed by atoms with Crippen LogP contribution < -0.4 is 5.73 Å². The maximum atomic E-state index is 12.5. The Morgan fingerprint density at radius 1 is 0.660 bits per heavy atom. The Bertz CT molecular complexity index is 857. The van der Waals surface area contributed by atoms with Gasteiger partial charge in [-0.1, -0.05) is 148 Å². The number of carbonyl (C=O) groups excluding carboxylic acids is 2. The van der Waals surface area contributed by atoms with Gasteiger partial charge in [0.1, 0.15) is 6.61 Å². The maximum absolute atomic E-state index is 12.5. The number of ether oxygens (including phenoxy) is 2. The Morgan fingerprint density at radius 2 is 1.16 bits per heavy atom. The van der Waals surface area contributed by atoms with Gasteiger partial charge in [0.05, 0.1) is 19.3 Å². The molecule has 0 aliphatic carbocycles. The lowest BCUT2D eigenvalue weighted by atomic mass is 10.0. The third kappa shape index (κ3) is 35.1. The minimum Gasteiger partial charge on any atom is -0.462 e. The van der Waals surface area contributed by atoms with Crippen LogP contribution >= 0.6 is 7.82 Å². The summed E-state index contributed by atoms with van der Waals surface area (Å²) < 4.78 is 32.6. The zero-order valence-electron chi connectivity index (χ0n) is 32.0. The van der Waals surface area contributed by atoms with Gasteiger partial charge in [-0.05, 0) is 38.5 Å². The molecule has 0 bridgehead atoms. The SMILES string of the molecule is CCCCC/C=C/CC(O)CCCCCCCCC(=O)OC(COC(=O)CCCCCCCCCCCCCCC)COP(=O)(O)OCCN. The van der Waals surface area contributed by atoms with E-state index in [0.717, 1.165) is 70.6 Å². The number of nitrogens with two attached hydrogens (primary N) is 1. The first kappa shape index (κ1) is 48.7. The number of carbonyl (C=O) groups is 2. The van der Waals surface area contributed by atoms with E-state index in [-0.39, 0.29) is 38.7 Å². The highest BCUT2D eigenvalue weighted by atomic mass is 31.2. The number of esters is 2. The number of hydrogen-bond donors (Lipinski definition) is 3. The molecule has 3 unspecified atom stereocenters. The average molecular weight is 734 g/mol. The van der Waals surface area contributed by atoms with E-state index < -0.39 is 32.5 Å². The van der Waals surface area contributed by atoms with Crippen LogP contribution in [0.3, 0.4) is 0 Å². The molecule has 0 aromatic rings. The number of hydrogen-bond acceptors (Lipinski definition) is 9. The number of allylic oxidation sites excluding steroid dienone is 1. The number of rotatable bonds is 38. The van der Waals surface area contributed by atoms with Crippen molar-refractivity contribution in [2.75, 3.05) is 26.4 Å². The van der Waals surface area contributed by atoms with Crippen LogP contribution in [-0.2, 0) is 32.7 Å². The lowest BCUT2D eigenvalue weighted by Crippen LogP contribution is -2.29. The Balaban J connectivity index is 4.23. The lowest BCUT2D eigenvalue weighted by Gasteiger charge is -2.19. The van der Waals surface area contributed by atoms with Crippen LogP contribution in [0.1, 0.15) is 187 Å². The maximum Gasteiger partial charge on any atom is 0.472 e. The topological polar surface area (TPSA) is 155 Å². The van der Waals surface area contributed by atoms with Crippen molar-refractivity contribution < 1.29 is 42.7 Å². The van der Waals surface area contributed by atoms with E-state index in [2.05, 4.69) is 26.0 Å². The third-order valence-corrected chi connectivity index (χ3v) is 9.71. The Morgan fingerprint density at radius 3 is 1.72 bits per heavy atom. The molecule has 0 saturated heterocycles. The Labute approximate surface area is 305 Å². The predicted octanol–water partition coefficient (Wildman–Crippen LogP) is 10.0. The molecule has 0 aliphatic rings. The molecule has 0 aromatic heterocycles. The molecule has 0 heterocycles. The number of aliphatic hydroxyl groups excluding tert-OH is 1. The molecule has 4 N–H and O–H groups in total. The first-order valence-electron chi connectivity index (χ1n) is 20.2. The first-order chi connectivity index (χ1) is 24.2. The van der Waals surface area contributed by atoms with E-state index in [9.17, 15) is 24.2 Å². The van der Waals surface area contributed by atoms with Gasteiger partial charge in [0.25, 0.3) is 0 Å². The van der Waals surface area contributed by atoms with Crippen molar-refractivity contribution in [2.45, 2.75) is 199 Å². The van der Waals surface area contributed by atoms with E-state index >= 15 is 0 Å². The molecule has 0 radical (unpaired) electrons. The summed E-state index contributed by atoms with van der Waals surface area (Å²) in [6.45, 7) is 3.61. The molecule has 0 aromatic carbocycles. The number of phosphoric acid groups is 1. The lowest BCUT2D eigenvalue weighted by molar-refractivity contribution is -0.161. The van der Waals surface area contributed by atoms with Gasteiger partial charge in [0.15, 0.2) is 6.10 Å². The minimum absolute atomic E-state index is 0.0436. The molecule has 11 heteroatoms. The van der Waals surface area contributed by atoms with Crippen LogP contribution in [0.25, 0.3) is 0 Å². The summed E-state index contributed by atoms with van der Waals surface area (Å²) in [5, 5.41) is 10.1. The highest BCUT2D eigenvalue weighted by Crippen LogP contribution is 2.43. The summed E-state index contributed by atoms with van der Waals surface area (Å²) in [5.41, 5.74) is 5.33. The van der Waals surface area contributed by atoms with Gasteiger partial charge in [-0.25, -0.2) is 4.57 Å². The molecule has 0 saturated carbocycles. The van der Waals surface area contributed by atoms with Gasteiger partial charge in [-0.2, -0.15) is 0 Å². The Hall–Kier alpha value is -1.29. The van der Waals surface area contributed by atoms with Gasteiger partial charge >= 0.3 is 19.8 Å². The second-order valence-electron chi connectivity index (χ2n) is 13.7. The smallest absolute Gasteiger partial charge is 0.462 e. The van der Waals surface area contributed by atoms with E-state index in [1.165, 1.54) is 83.5 Å². The standard InChI is InChI=1S/C39H76NO9P/c1-3-5-7-9-11-12-13-14-15-16-17-22-26-30-38(42)46-34-37(35-48-50(44,45)47-33-32-40)49-39(43)31-27-23-19-18-21-25-29-36(41)28-24-20-10-8-6-4-2/h20,24,36-37,41H,3-19,21-23,25-35,40H2,1-2H3,(H,44,45)/b24-20+. The molecule has 0 rings (SSSR count). The van der Waals surface area contributed by atoms with Crippen molar-refractivity contribution in [3.8, 4) is 0 Å². The first-order valence-corrected chi connectivity index (χ1v) is 21.7. The summed E-state index contributed by atoms with van der Waals surface area (Å²) in [6.07, 6.45) is 31.1. The van der Waals surface area contributed by atoms with Crippen LogP contribution in [0, 0.1) is 0 Å². The van der Waals surface area contributed by atoms with Crippen molar-refractivity contribution in [2.24, 2.45) is 5.73 Å². The van der Waals surface area contributed by atoms with Crippen LogP contribution in [-0.4, -0.2) is 60.5 Å². The van der Waals surface area contributed by atoms with E-state index in [1.54, 1.807) is 0 Å². The number of unbranched alkanes of at least 4 members (excludes halogenated alkanes) is 20. The van der Waals surface area contributed by atoms with E-state index in [0.29, 0.717) is 6.42 Å². The molecule has 296 valence electrons. The fourth-order valence-electron chi connectivity index (χ4n) is 5.65. The number of aliphatic hydroxyl groups is 1.